The molecule has 1 rings (SSSR count). The number of hydrogen-bond donors (Lipinski definition) is 4. The van der Waals surface area contributed by atoms with Gasteiger partial charge < -0.3 is 25.2 Å². The van der Waals surface area contributed by atoms with Crippen molar-refractivity contribution in [2.24, 2.45) is 17.8 Å². The maximum Gasteiger partial charge on any atom is 0.305 e. The van der Waals surface area contributed by atoms with Crippen molar-refractivity contribution in [2.75, 3.05) is 0 Å². The van der Waals surface area contributed by atoms with Crippen LogP contribution in [0.1, 0.15) is 32.1 Å². The average molecular weight is 356 g/mol. The van der Waals surface area contributed by atoms with Crippen molar-refractivity contribution in [2.45, 2.75) is 44.3 Å². The van der Waals surface area contributed by atoms with Gasteiger partial charge in [0, 0.05) is 18.8 Å². The smallest absolute Gasteiger partial charge is 0.305 e. The fourth-order valence-corrected chi connectivity index (χ4v) is 3.46. The Kier molecular flexibility index (Phi) is 7.39. The molecule has 1 unspecified atom stereocenters. The molecule has 0 bridgehead atoms. The van der Waals surface area contributed by atoms with E-state index < -0.39 is 79.5 Å². The second-order valence-corrected chi connectivity index (χ2v) is 6.00. The zero-order chi connectivity index (χ0) is 19.1. The van der Waals surface area contributed by atoms with Gasteiger partial charge >= 0.3 is 23.9 Å². The lowest BCUT2D eigenvalue weighted by Gasteiger charge is -2.45. The minimum Gasteiger partial charge on any atom is -0.481 e. The van der Waals surface area contributed by atoms with Crippen LogP contribution in [-0.2, 0) is 23.9 Å². The molecule has 1 fully saturated rings. The van der Waals surface area contributed by atoms with Crippen molar-refractivity contribution in [1.29, 1.82) is 0 Å². The van der Waals surface area contributed by atoms with E-state index in [0.717, 1.165) is 0 Å². The minimum atomic E-state index is -1.25. The number of carboxylic acid groups (broad SMARTS) is 4. The van der Waals surface area contributed by atoms with Gasteiger partial charge in [0.1, 0.15) is 0 Å². The summed E-state index contributed by atoms with van der Waals surface area (Å²) in [4.78, 5) is 44.6. The Hall–Kier alpha value is -2.60. The molecular weight excluding hydrogens is 336 g/mol. The first-order chi connectivity index (χ1) is 11.6. The van der Waals surface area contributed by atoms with E-state index in [2.05, 4.69) is 5.92 Å². The normalized spacial score (nSPS) is 28.7. The standard InChI is InChI=1S/C16H20O9/c1-2-3-11-9(5-14(19)20)8(4-13(17)18)10(6-15(21)22)12(25-11)7-16(23)24/h1,8-12H,3-7H2,(H,17,18)(H,19,20)(H,21,22)(H,23,24)/t8-,9?,10+,11+,12+/m1/s1. The summed E-state index contributed by atoms with van der Waals surface area (Å²) in [5, 5.41) is 36.4. The van der Waals surface area contributed by atoms with Crippen molar-refractivity contribution in [3.05, 3.63) is 0 Å². The lowest BCUT2D eigenvalue weighted by molar-refractivity contribution is -0.179. The van der Waals surface area contributed by atoms with Crippen LogP contribution in [0.15, 0.2) is 0 Å². The van der Waals surface area contributed by atoms with Gasteiger partial charge in [-0.15, -0.1) is 12.3 Å². The lowest BCUT2D eigenvalue weighted by Crippen LogP contribution is -2.50. The maximum absolute atomic E-state index is 11.2. The fraction of sp³-hybridized carbons (Fsp3) is 0.625. The molecule has 0 spiro atoms. The van der Waals surface area contributed by atoms with Crippen molar-refractivity contribution >= 4 is 23.9 Å². The van der Waals surface area contributed by atoms with Gasteiger partial charge in [0.25, 0.3) is 0 Å². The highest BCUT2D eigenvalue weighted by Gasteiger charge is 2.47. The first kappa shape index (κ1) is 20.4. The van der Waals surface area contributed by atoms with Crippen molar-refractivity contribution in [3.63, 3.8) is 0 Å². The van der Waals surface area contributed by atoms with Crippen LogP contribution >= 0.6 is 0 Å². The summed E-state index contributed by atoms with van der Waals surface area (Å²) in [6.45, 7) is 0. The third kappa shape index (κ3) is 6.08. The van der Waals surface area contributed by atoms with Crippen molar-refractivity contribution < 1.29 is 44.3 Å². The highest BCUT2D eigenvalue weighted by atomic mass is 16.5. The summed E-state index contributed by atoms with van der Waals surface area (Å²) in [6, 6.07) is 0. The molecule has 0 aromatic carbocycles. The Balaban J connectivity index is 3.28. The van der Waals surface area contributed by atoms with E-state index in [4.69, 9.17) is 31.6 Å². The molecular formula is C16H20O9. The van der Waals surface area contributed by atoms with Gasteiger partial charge in [0.05, 0.1) is 31.5 Å². The SMILES string of the molecule is C#CC[C@@H]1O[C@@H](CC(=O)O)[C@@H](CC(=O)O)[C@H](CC(=O)O)C1CC(=O)O. The molecule has 0 saturated carbocycles. The highest BCUT2D eigenvalue weighted by molar-refractivity contribution is 5.71. The van der Waals surface area contributed by atoms with Crippen LogP contribution in [0.3, 0.4) is 0 Å². The second-order valence-electron chi connectivity index (χ2n) is 6.00. The third-order valence-corrected chi connectivity index (χ3v) is 4.33. The number of ether oxygens (including phenoxy) is 1. The van der Waals surface area contributed by atoms with Crippen LogP contribution in [0.2, 0.25) is 0 Å². The number of aliphatic carboxylic acids is 4. The van der Waals surface area contributed by atoms with Gasteiger partial charge in [-0.25, -0.2) is 0 Å². The van der Waals surface area contributed by atoms with E-state index in [-0.39, 0.29) is 6.42 Å². The Bertz CT molecular complexity index is 577. The van der Waals surface area contributed by atoms with E-state index >= 15 is 0 Å². The molecule has 1 heterocycles. The van der Waals surface area contributed by atoms with Gasteiger partial charge in [-0.05, 0) is 11.8 Å². The quantitative estimate of drug-likeness (QED) is 0.432. The van der Waals surface area contributed by atoms with Crippen molar-refractivity contribution in [1.82, 2.24) is 0 Å². The summed E-state index contributed by atoms with van der Waals surface area (Å²) >= 11 is 0. The van der Waals surface area contributed by atoms with Crippen LogP contribution in [0, 0.1) is 30.1 Å². The number of carboxylic acids is 4. The third-order valence-electron chi connectivity index (χ3n) is 4.33. The summed E-state index contributed by atoms with van der Waals surface area (Å²) in [5.41, 5.74) is 0. The van der Waals surface area contributed by atoms with Gasteiger partial charge in [-0.2, -0.15) is 0 Å². The molecule has 0 aromatic rings. The molecule has 138 valence electrons. The topological polar surface area (TPSA) is 158 Å². The predicted molar refractivity (Wildman–Crippen MR) is 81.6 cm³/mol. The van der Waals surface area contributed by atoms with Crippen molar-refractivity contribution in [3.8, 4) is 12.3 Å². The summed E-state index contributed by atoms with van der Waals surface area (Å²) in [6.07, 6.45) is 1.36. The van der Waals surface area contributed by atoms with Gasteiger partial charge in [0.15, 0.2) is 0 Å². The Labute approximate surface area is 143 Å². The number of hydrogen-bond acceptors (Lipinski definition) is 5. The molecule has 1 aliphatic heterocycles. The first-order valence-corrected chi connectivity index (χ1v) is 7.61. The van der Waals surface area contributed by atoms with E-state index in [9.17, 15) is 19.2 Å². The molecule has 25 heavy (non-hydrogen) atoms. The Morgan fingerprint density at radius 2 is 1.12 bits per heavy atom. The largest absolute Gasteiger partial charge is 0.481 e. The molecule has 4 N–H and O–H groups in total. The van der Waals surface area contributed by atoms with Crippen LogP contribution in [0.4, 0.5) is 0 Å². The molecule has 0 radical (unpaired) electrons. The van der Waals surface area contributed by atoms with Crippen LogP contribution in [0.25, 0.3) is 0 Å². The summed E-state index contributed by atoms with van der Waals surface area (Å²) in [5.74, 6) is -5.23. The molecule has 9 nitrogen and oxygen atoms in total. The Morgan fingerprint density at radius 1 is 0.720 bits per heavy atom. The predicted octanol–water partition coefficient (Wildman–Crippen LogP) is 0.525. The number of terminal acetylenes is 1. The van der Waals surface area contributed by atoms with Crippen LogP contribution in [0.5, 0.6) is 0 Å². The van der Waals surface area contributed by atoms with Gasteiger partial charge in [-0.3, -0.25) is 19.2 Å². The number of carbonyl (C=O) groups is 4. The molecule has 1 aliphatic rings. The minimum absolute atomic E-state index is 0.0238. The van der Waals surface area contributed by atoms with E-state index in [1.807, 2.05) is 0 Å². The first-order valence-electron chi connectivity index (χ1n) is 7.61. The van der Waals surface area contributed by atoms with Gasteiger partial charge in [-0.1, -0.05) is 0 Å². The van der Waals surface area contributed by atoms with E-state index in [1.54, 1.807) is 0 Å². The maximum atomic E-state index is 11.2. The molecule has 5 atom stereocenters. The van der Waals surface area contributed by atoms with Crippen LogP contribution < -0.4 is 0 Å². The summed E-state index contributed by atoms with van der Waals surface area (Å²) in [7, 11) is 0. The monoisotopic (exact) mass is 356 g/mol. The molecule has 0 aromatic heterocycles. The molecule has 0 aliphatic carbocycles. The zero-order valence-electron chi connectivity index (χ0n) is 13.3. The molecule has 9 heteroatoms. The second kappa shape index (κ2) is 9.03. The number of rotatable bonds is 9. The Morgan fingerprint density at radius 3 is 1.52 bits per heavy atom. The highest BCUT2D eigenvalue weighted by Crippen LogP contribution is 2.43. The van der Waals surface area contributed by atoms with Crippen LogP contribution in [-0.4, -0.2) is 56.5 Å². The average Bonchev–Trinajstić information content (AvgIpc) is 2.45. The lowest BCUT2D eigenvalue weighted by atomic mass is 9.68. The van der Waals surface area contributed by atoms with E-state index in [0.29, 0.717) is 0 Å². The molecule has 0 amide bonds. The van der Waals surface area contributed by atoms with E-state index in [1.165, 1.54) is 0 Å². The van der Waals surface area contributed by atoms with Gasteiger partial charge in [0.2, 0.25) is 0 Å². The molecule has 1 saturated heterocycles. The summed E-state index contributed by atoms with van der Waals surface area (Å²) < 4.78 is 5.63. The zero-order valence-corrected chi connectivity index (χ0v) is 13.3. The fourth-order valence-electron chi connectivity index (χ4n) is 3.46.